The maximum Gasteiger partial charge on any atom is 0.321 e. The van der Waals surface area contributed by atoms with Crippen molar-refractivity contribution in [2.75, 3.05) is 31.6 Å². The van der Waals surface area contributed by atoms with E-state index < -0.39 is 15.7 Å². The van der Waals surface area contributed by atoms with E-state index >= 15 is 0 Å². The van der Waals surface area contributed by atoms with E-state index in [1.54, 1.807) is 35.2 Å². The molecule has 2 aliphatic heterocycles. The third kappa shape index (κ3) is 3.95. The van der Waals surface area contributed by atoms with Gasteiger partial charge in [0.25, 0.3) is 0 Å². The van der Waals surface area contributed by atoms with Crippen molar-refractivity contribution in [1.82, 2.24) is 9.21 Å². The molecule has 2 fully saturated rings. The standard InChI is InChI=1S/C22H27N3O4S/c1-2-18-8-10-19(11-9-18)23-21(26)24-14-12-22(13-15-24)25(16-17-29-22)30(27,28)20-6-4-3-5-7-20/h3-11H,2,12-17H2,1H3,(H,23,26). The van der Waals surface area contributed by atoms with E-state index in [1.807, 2.05) is 24.3 Å². The second-order valence-electron chi connectivity index (χ2n) is 7.65. The van der Waals surface area contributed by atoms with Crippen LogP contribution in [0.1, 0.15) is 25.3 Å². The van der Waals surface area contributed by atoms with Gasteiger partial charge in [-0.1, -0.05) is 37.3 Å². The van der Waals surface area contributed by atoms with Gasteiger partial charge in [-0.2, -0.15) is 4.31 Å². The summed E-state index contributed by atoms with van der Waals surface area (Å²) in [7, 11) is -3.65. The molecule has 8 heteroatoms. The number of amides is 2. The van der Waals surface area contributed by atoms with Crippen LogP contribution in [0, 0.1) is 0 Å². The SMILES string of the molecule is CCc1ccc(NC(=O)N2CCC3(CC2)OCCN3S(=O)(=O)c2ccccc2)cc1. The number of piperidine rings is 1. The molecule has 4 rings (SSSR count). The Hall–Kier alpha value is -2.42. The number of sulfonamides is 1. The Morgan fingerprint density at radius 3 is 2.33 bits per heavy atom. The number of hydrogen-bond donors (Lipinski definition) is 1. The molecule has 1 spiro atoms. The number of ether oxygens (including phenoxy) is 1. The van der Waals surface area contributed by atoms with Crippen molar-refractivity contribution in [3.63, 3.8) is 0 Å². The largest absolute Gasteiger partial charge is 0.358 e. The Kier molecular flexibility index (Phi) is 5.81. The molecule has 0 saturated carbocycles. The first-order valence-corrected chi connectivity index (χ1v) is 11.8. The topological polar surface area (TPSA) is 79.0 Å². The normalized spacial score (nSPS) is 19.2. The molecule has 30 heavy (non-hydrogen) atoms. The Morgan fingerprint density at radius 2 is 1.70 bits per heavy atom. The van der Waals surface area contributed by atoms with Crippen LogP contribution in [0.4, 0.5) is 10.5 Å². The average Bonchev–Trinajstić information content (AvgIpc) is 3.19. The maximum atomic E-state index is 13.2. The Morgan fingerprint density at radius 1 is 1.03 bits per heavy atom. The highest BCUT2D eigenvalue weighted by molar-refractivity contribution is 7.89. The lowest BCUT2D eigenvalue weighted by molar-refractivity contribution is -0.0840. The smallest absolute Gasteiger partial charge is 0.321 e. The number of carbonyl (C=O) groups is 1. The van der Waals surface area contributed by atoms with Gasteiger partial charge in [0.15, 0.2) is 0 Å². The number of anilines is 1. The first kappa shape index (κ1) is 20.8. The predicted molar refractivity (Wildman–Crippen MR) is 115 cm³/mol. The van der Waals surface area contributed by atoms with Crippen molar-refractivity contribution in [3.8, 4) is 0 Å². The van der Waals surface area contributed by atoms with Crippen molar-refractivity contribution < 1.29 is 17.9 Å². The van der Waals surface area contributed by atoms with Gasteiger partial charge < -0.3 is 15.0 Å². The van der Waals surface area contributed by atoms with Crippen LogP contribution in [0.3, 0.4) is 0 Å². The van der Waals surface area contributed by atoms with Gasteiger partial charge in [-0.25, -0.2) is 13.2 Å². The molecule has 2 aliphatic rings. The minimum atomic E-state index is -3.65. The van der Waals surface area contributed by atoms with Gasteiger partial charge in [0.2, 0.25) is 10.0 Å². The zero-order valence-electron chi connectivity index (χ0n) is 17.1. The van der Waals surface area contributed by atoms with Crippen LogP contribution in [0.5, 0.6) is 0 Å². The summed E-state index contributed by atoms with van der Waals surface area (Å²) >= 11 is 0. The molecule has 0 unspecified atom stereocenters. The molecule has 2 aromatic rings. The molecule has 0 atom stereocenters. The van der Waals surface area contributed by atoms with Crippen LogP contribution in [0.2, 0.25) is 0 Å². The lowest BCUT2D eigenvalue weighted by Crippen LogP contribution is -2.56. The molecule has 160 valence electrons. The highest BCUT2D eigenvalue weighted by Gasteiger charge is 2.50. The van der Waals surface area contributed by atoms with E-state index in [4.69, 9.17) is 4.74 Å². The van der Waals surface area contributed by atoms with E-state index in [0.29, 0.717) is 39.1 Å². The summed E-state index contributed by atoms with van der Waals surface area (Å²) in [5.74, 6) is 0. The second-order valence-corrected chi connectivity index (χ2v) is 9.51. The molecule has 0 aromatic heterocycles. The number of hydrogen-bond acceptors (Lipinski definition) is 4. The monoisotopic (exact) mass is 429 g/mol. The number of nitrogens with zero attached hydrogens (tertiary/aromatic N) is 2. The quantitative estimate of drug-likeness (QED) is 0.809. The van der Waals surface area contributed by atoms with Crippen LogP contribution >= 0.6 is 0 Å². The Balaban J connectivity index is 1.43. The summed E-state index contributed by atoms with van der Waals surface area (Å²) in [5, 5.41) is 2.92. The minimum Gasteiger partial charge on any atom is -0.358 e. The molecule has 2 saturated heterocycles. The molecule has 0 aliphatic carbocycles. The fourth-order valence-corrected chi connectivity index (χ4v) is 5.88. The van der Waals surface area contributed by atoms with Crippen molar-refractivity contribution >= 4 is 21.7 Å². The minimum absolute atomic E-state index is 0.176. The van der Waals surface area contributed by atoms with E-state index in [9.17, 15) is 13.2 Å². The Labute approximate surface area is 177 Å². The van der Waals surface area contributed by atoms with Gasteiger partial charge >= 0.3 is 6.03 Å². The van der Waals surface area contributed by atoms with Crippen molar-refractivity contribution in [2.45, 2.75) is 36.8 Å². The van der Waals surface area contributed by atoms with E-state index in [-0.39, 0.29) is 10.9 Å². The highest BCUT2D eigenvalue weighted by atomic mass is 32.2. The number of rotatable bonds is 4. The van der Waals surface area contributed by atoms with Gasteiger partial charge in [-0.05, 0) is 36.2 Å². The molecular formula is C22H27N3O4S. The fraction of sp³-hybridized carbons (Fsp3) is 0.409. The van der Waals surface area contributed by atoms with Crippen LogP contribution < -0.4 is 5.32 Å². The van der Waals surface area contributed by atoms with Crippen molar-refractivity contribution in [1.29, 1.82) is 0 Å². The zero-order valence-corrected chi connectivity index (χ0v) is 17.9. The Bertz CT molecular complexity index is 985. The van der Waals surface area contributed by atoms with E-state index in [1.165, 1.54) is 9.87 Å². The third-order valence-electron chi connectivity index (χ3n) is 5.90. The lowest BCUT2D eigenvalue weighted by Gasteiger charge is -2.42. The van der Waals surface area contributed by atoms with Crippen LogP contribution in [0.15, 0.2) is 59.5 Å². The average molecular weight is 430 g/mol. The van der Waals surface area contributed by atoms with Gasteiger partial charge in [0.05, 0.1) is 11.5 Å². The van der Waals surface area contributed by atoms with E-state index in [2.05, 4.69) is 12.2 Å². The number of urea groups is 1. The van der Waals surface area contributed by atoms with Crippen LogP contribution in [0.25, 0.3) is 0 Å². The van der Waals surface area contributed by atoms with Gasteiger partial charge in [0, 0.05) is 38.2 Å². The summed E-state index contributed by atoms with van der Waals surface area (Å²) in [4.78, 5) is 14.7. The fourth-order valence-electron chi connectivity index (χ4n) is 4.13. The van der Waals surface area contributed by atoms with Gasteiger partial charge in [0.1, 0.15) is 5.72 Å². The first-order chi connectivity index (χ1) is 14.4. The van der Waals surface area contributed by atoms with Crippen molar-refractivity contribution in [2.24, 2.45) is 0 Å². The molecule has 2 amide bonds. The molecule has 2 heterocycles. The number of nitrogens with one attached hydrogen (secondary N) is 1. The molecule has 7 nitrogen and oxygen atoms in total. The summed E-state index contributed by atoms with van der Waals surface area (Å²) in [6.45, 7) is 3.64. The van der Waals surface area contributed by atoms with E-state index in [0.717, 1.165) is 12.1 Å². The molecule has 2 aromatic carbocycles. The first-order valence-electron chi connectivity index (χ1n) is 10.3. The number of likely N-dealkylation sites (tertiary alicyclic amines) is 1. The molecule has 0 radical (unpaired) electrons. The molecule has 1 N–H and O–H groups in total. The molecule has 0 bridgehead atoms. The number of benzene rings is 2. The summed E-state index contributed by atoms with van der Waals surface area (Å²) in [6.07, 6.45) is 1.84. The maximum absolute atomic E-state index is 13.2. The van der Waals surface area contributed by atoms with Crippen molar-refractivity contribution in [3.05, 3.63) is 60.2 Å². The highest BCUT2D eigenvalue weighted by Crippen LogP contribution is 2.38. The van der Waals surface area contributed by atoms with Gasteiger partial charge in [-0.15, -0.1) is 0 Å². The van der Waals surface area contributed by atoms with Crippen LogP contribution in [-0.4, -0.2) is 55.6 Å². The predicted octanol–water partition coefficient (Wildman–Crippen LogP) is 3.29. The lowest BCUT2D eigenvalue weighted by atomic mass is 10.0. The number of aryl methyl sites for hydroxylation is 1. The molecular weight excluding hydrogens is 402 g/mol. The summed E-state index contributed by atoms with van der Waals surface area (Å²) in [6, 6.07) is 16.1. The second kappa shape index (κ2) is 8.37. The van der Waals surface area contributed by atoms with Gasteiger partial charge in [-0.3, -0.25) is 0 Å². The third-order valence-corrected chi connectivity index (χ3v) is 7.86. The zero-order chi connectivity index (χ0) is 21.2. The summed E-state index contributed by atoms with van der Waals surface area (Å²) in [5.41, 5.74) is 1.09. The number of carbonyl (C=O) groups excluding carboxylic acids is 1. The van der Waals surface area contributed by atoms with Crippen LogP contribution in [-0.2, 0) is 21.2 Å². The summed E-state index contributed by atoms with van der Waals surface area (Å²) < 4.78 is 33.8.